The van der Waals surface area contributed by atoms with Gasteiger partial charge in [0.1, 0.15) is 5.75 Å². The number of carbonyl (C=O) groups excluding carboxylic acids is 1. The number of rotatable bonds is 7. The Morgan fingerprint density at radius 1 is 1.19 bits per heavy atom. The Balaban J connectivity index is 1.63. The van der Waals surface area contributed by atoms with E-state index in [1.165, 1.54) is 11.1 Å². The predicted molar refractivity (Wildman–Crippen MR) is 108 cm³/mol. The summed E-state index contributed by atoms with van der Waals surface area (Å²) in [6.07, 6.45) is 0.821. The fraction of sp³-hybridized carbons (Fsp3) is 0.409. The van der Waals surface area contributed by atoms with Crippen molar-refractivity contribution in [2.45, 2.75) is 38.5 Å². The highest BCUT2D eigenvalue weighted by atomic mass is 16.5. The van der Waals surface area contributed by atoms with Crippen LogP contribution in [0, 0.1) is 6.92 Å². The molecule has 0 radical (unpaired) electrons. The Morgan fingerprint density at radius 3 is 2.63 bits per heavy atom. The van der Waals surface area contributed by atoms with E-state index in [1.54, 1.807) is 14.2 Å². The lowest BCUT2D eigenvalue weighted by molar-refractivity contribution is -0.125. The maximum atomic E-state index is 12.4. The van der Waals surface area contributed by atoms with Crippen LogP contribution in [0.5, 0.6) is 5.75 Å². The number of likely N-dealkylation sites (tertiary alicyclic amines) is 1. The number of amides is 1. The SMILES string of the molecule is CNC(=O)[C@@H]1C[C@H](NCc2ccc(OC)c(C)c2)CN1Cc1ccccc1. The third-order valence-electron chi connectivity index (χ3n) is 5.24. The number of likely N-dealkylation sites (N-methyl/N-ethyl adjacent to an activating group) is 1. The van der Waals surface area contributed by atoms with Crippen molar-refractivity contribution >= 4 is 5.91 Å². The lowest BCUT2D eigenvalue weighted by Crippen LogP contribution is -2.41. The van der Waals surface area contributed by atoms with Crippen molar-refractivity contribution in [1.29, 1.82) is 0 Å². The van der Waals surface area contributed by atoms with Crippen molar-refractivity contribution in [2.24, 2.45) is 0 Å². The van der Waals surface area contributed by atoms with Crippen LogP contribution in [0.25, 0.3) is 0 Å². The van der Waals surface area contributed by atoms with Crippen LogP contribution in [-0.4, -0.2) is 43.6 Å². The average molecular weight is 367 g/mol. The number of nitrogens with zero attached hydrogens (tertiary/aromatic N) is 1. The smallest absolute Gasteiger partial charge is 0.237 e. The Labute approximate surface area is 161 Å². The molecule has 5 nitrogen and oxygen atoms in total. The molecule has 2 aromatic carbocycles. The van der Waals surface area contributed by atoms with E-state index in [0.29, 0.717) is 6.04 Å². The molecule has 0 unspecified atom stereocenters. The minimum atomic E-state index is -0.0923. The van der Waals surface area contributed by atoms with Gasteiger partial charge in [-0.05, 0) is 36.1 Å². The van der Waals surface area contributed by atoms with Crippen LogP contribution in [0.2, 0.25) is 0 Å². The number of methoxy groups -OCH3 is 1. The number of hydrogen-bond donors (Lipinski definition) is 2. The summed E-state index contributed by atoms with van der Waals surface area (Å²) in [6.45, 7) is 4.50. The summed E-state index contributed by atoms with van der Waals surface area (Å²) in [4.78, 5) is 14.6. The van der Waals surface area contributed by atoms with Crippen molar-refractivity contribution in [3.63, 3.8) is 0 Å². The molecule has 2 atom stereocenters. The minimum Gasteiger partial charge on any atom is -0.496 e. The summed E-state index contributed by atoms with van der Waals surface area (Å²) in [5, 5.41) is 6.44. The quantitative estimate of drug-likeness (QED) is 0.789. The van der Waals surface area contributed by atoms with Crippen LogP contribution in [0.1, 0.15) is 23.1 Å². The normalized spacial score (nSPS) is 19.8. The molecule has 0 bridgehead atoms. The zero-order valence-electron chi connectivity index (χ0n) is 16.4. The van der Waals surface area contributed by atoms with Gasteiger partial charge in [-0.15, -0.1) is 0 Å². The van der Waals surface area contributed by atoms with Crippen LogP contribution >= 0.6 is 0 Å². The molecule has 0 aliphatic carbocycles. The molecule has 5 heteroatoms. The third kappa shape index (κ3) is 4.87. The molecule has 1 amide bonds. The van der Waals surface area contributed by atoms with Crippen molar-refractivity contribution < 1.29 is 9.53 Å². The van der Waals surface area contributed by atoms with E-state index in [4.69, 9.17) is 4.74 Å². The zero-order chi connectivity index (χ0) is 19.2. The first-order valence-corrected chi connectivity index (χ1v) is 9.47. The van der Waals surface area contributed by atoms with Crippen molar-refractivity contribution in [3.05, 3.63) is 65.2 Å². The summed E-state index contributed by atoms with van der Waals surface area (Å²) >= 11 is 0. The first kappa shape index (κ1) is 19.4. The highest BCUT2D eigenvalue weighted by Gasteiger charge is 2.35. The second kappa shape index (κ2) is 9.02. The van der Waals surface area contributed by atoms with Crippen LogP contribution in [0.3, 0.4) is 0 Å². The second-order valence-electron chi connectivity index (χ2n) is 7.16. The number of aryl methyl sites for hydroxylation is 1. The molecule has 2 aromatic rings. The van der Waals surface area contributed by atoms with Gasteiger partial charge in [-0.1, -0.05) is 42.5 Å². The van der Waals surface area contributed by atoms with Gasteiger partial charge >= 0.3 is 0 Å². The zero-order valence-corrected chi connectivity index (χ0v) is 16.4. The summed E-state index contributed by atoms with van der Waals surface area (Å²) in [5.74, 6) is 1.00. The standard InChI is InChI=1S/C22H29N3O2/c1-16-11-18(9-10-21(16)27-3)13-24-19-12-20(22(26)23-2)25(15-19)14-17-7-5-4-6-8-17/h4-11,19-20,24H,12-15H2,1-3H3,(H,23,26)/t19-,20-/m0/s1. The van der Waals surface area contributed by atoms with Crippen molar-refractivity contribution in [3.8, 4) is 5.75 Å². The van der Waals surface area contributed by atoms with Gasteiger partial charge in [0.25, 0.3) is 0 Å². The van der Waals surface area contributed by atoms with Crippen molar-refractivity contribution in [2.75, 3.05) is 20.7 Å². The van der Waals surface area contributed by atoms with Gasteiger partial charge in [0.15, 0.2) is 0 Å². The van der Waals surface area contributed by atoms with Crippen LogP contribution in [0.15, 0.2) is 48.5 Å². The van der Waals surface area contributed by atoms with E-state index in [1.807, 2.05) is 24.3 Å². The highest BCUT2D eigenvalue weighted by molar-refractivity contribution is 5.81. The topological polar surface area (TPSA) is 53.6 Å². The van der Waals surface area contributed by atoms with Gasteiger partial charge in [0.2, 0.25) is 5.91 Å². The first-order valence-electron chi connectivity index (χ1n) is 9.47. The second-order valence-corrected chi connectivity index (χ2v) is 7.16. The van der Waals surface area contributed by atoms with Gasteiger partial charge in [-0.2, -0.15) is 0 Å². The van der Waals surface area contributed by atoms with E-state index < -0.39 is 0 Å². The van der Waals surface area contributed by atoms with E-state index >= 15 is 0 Å². The monoisotopic (exact) mass is 367 g/mol. The largest absolute Gasteiger partial charge is 0.496 e. The van der Waals surface area contributed by atoms with E-state index in [9.17, 15) is 4.79 Å². The Hall–Kier alpha value is -2.37. The van der Waals surface area contributed by atoms with Gasteiger partial charge in [0.05, 0.1) is 13.2 Å². The fourth-order valence-corrected chi connectivity index (χ4v) is 3.80. The van der Waals surface area contributed by atoms with Gasteiger partial charge in [-0.3, -0.25) is 9.69 Å². The molecule has 2 N–H and O–H groups in total. The number of nitrogens with one attached hydrogen (secondary N) is 2. The molecule has 0 saturated carbocycles. The molecular formula is C22H29N3O2. The number of benzene rings is 2. The third-order valence-corrected chi connectivity index (χ3v) is 5.24. The molecule has 0 aromatic heterocycles. The van der Waals surface area contributed by atoms with Gasteiger partial charge < -0.3 is 15.4 Å². The summed E-state index contributed by atoms with van der Waals surface area (Å²) in [6, 6.07) is 16.8. The van der Waals surface area contributed by atoms with Gasteiger partial charge in [0, 0.05) is 32.7 Å². The minimum absolute atomic E-state index is 0.0923. The lowest BCUT2D eigenvalue weighted by Gasteiger charge is -2.22. The molecule has 1 aliphatic heterocycles. The van der Waals surface area contributed by atoms with Gasteiger partial charge in [-0.25, -0.2) is 0 Å². The number of hydrogen-bond acceptors (Lipinski definition) is 4. The Morgan fingerprint density at radius 2 is 1.96 bits per heavy atom. The highest BCUT2D eigenvalue weighted by Crippen LogP contribution is 2.22. The summed E-state index contributed by atoms with van der Waals surface area (Å²) < 4.78 is 5.33. The molecule has 1 aliphatic rings. The van der Waals surface area contributed by atoms with Crippen molar-refractivity contribution in [1.82, 2.24) is 15.5 Å². The average Bonchev–Trinajstić information content (AvgIpc) is 3.09. The lowest BCUT2D eigenvalue weighted by atomic mass is 10.1. The van der Waals surface area contributed by atoms with E-state index in [2.05, 4.69) is 46.7 Å². The van der Waals surface area contributed by atoms with Crippen LogP contribution in [0.4, 0.5) is 0 Å². The molecule has 1 saturated heterocycles. The first-order chi connectivity index (χ1) is 13.1. The fourth-order valence-electron chi connectivity index (χ4n) is 3.80. The molecule has 1 fully saturated rings. The summed E-state index contributed by atoms with van der Waals surface area (Å²) in [7, 11) is 3.41. The van der Waals surface area contributed by atoms with E-state index in [-0.39, 0.29) is 11.9 Å². The number of carbonyl (C=O) groups is 1. The molecule has 3 rings (SSSR count). The predicted octanol–water partition coefficient (Wildman–Crippen LogP) is 2.48. The summed E-state index contributed by atoms with van der Waals surface area (Å²) in [5.41, 5.74) is 3.60. The molecule has 0 spiro atoms. The molecule has 1 heterocycles. The molecule has 144 valence electrons. The maximum absolute atomic E-state index is 12.4. The molecular weight excluding hydrogens is 338 g/mol. The Kier molecular flexibility index (Phi) is 6.48. The van der Waals surface area contributed by atoms with E-state index in [0.717, 1.165) is 37.4 Å². The molecule has 27 heavy (non-hydrogen) atoms. The maximum Gasteiger partial charge on any atom is 0.237 e. The Bertz CT molecular complexity index is 763. The van der Waals surface area contributed by atoms with Crippen LogP contribution in [-0.2, 0) is 17.9 Å². The van der Waals surface area contributed by atoms with Crippen LogP contribution < -0.4 is 15.4 Å². The number of ether oxygens (including phenoxy) is 1.